The van der Waals surface area contributed by atoms with Crippen molar-refractivity contribution in [1.29, 1.82) is 0 Å². The van der Waals surface area contributed by atoms with Gasteiger partial charge in [0.25, 0.3) is 5.91 Å². The molecule has 0 aromatic carbocycles. The van der Waals surface area contributed by atoms with E-state index in [1.165, 1.54) is 0 Å². The van der Waals surface area contributed by atoms with Gasteiger partial charge in [0.15, 0.2) is 0 Å². The molecule has 0 aliphatic heterocycles. The third-order valence-corrected chi connectivity index (χ3v) is 2.99. The minimum Gasteiger partial charge on any atom is -0.369 e. The summed E-state index contributed by atoms with van der Waals surface area (Å²) in [6, 6.07) is 3.31. The number of amides is 2. The summed E-state index contributed by atoms with van der Waals surface area (Å²) in [4.78, 5) is 26.8. The fourth-order valence-electron chi connectivity index (χ4n) is 1.04. The van der Waals surface area contributed by atoms with Gasteiger partial charge in [-0.3, -0.25) is 9.59 Å². The van der Waals surface area contributed by atoms with Crippen LogP contribution in [0.2, 0.25) is 0 Å². The molecule has 0 atom stereocenters. The highest BCUT2D eigenvalue weighted by Crippen LogP contribution is 2.15. The molecular formula is C11H14BrN3O2. The summed E-state index contributed by atoms with van der Waals surface area (Å²) in [6.07, 6.45) is 1.58. The minimum absolute atomic E-state index is 0.183. The van der Waals surface area contributed by atoms with E-state index in [-0.39, 0.29) is 12.5 Å². The molecule has 0 bridgehead atoms. The van der Waals surface area contributed by atoms with Crippen LogP contribution < -0.4 is 11.1 Å². The van der Waals surface area contributed by atoms with E-state index in [2.05, 4.69) is 26.2 Å². The molecular weight excluding hydrogens is 286 g/mol. The van der Waals surface area contributed by atoms with Gasteiger partial charge in [-0.05, 0) is 41.9 Å². The summed E-state index contributed by atoms with van der Waals surface area (Å²) >= 11 is 3.18. The molecule has 1 rings (SSSR count). The molecule has 17 heavy (non-hydrogen) atoms. The second kappa shape index (κ2) is 5.27. The number of carbonyl (C=O) groups is 2. The number of aromatic nitrogens is 1. The Bertz CT molecular complexity index is 446. The van der Waals surface area contributed by atoms with Crippen LogP contribution in [0, 0.1) is 5.41 Å². The fraction of sp³-hybridized carbons (Fsp3) is 0.364. The Morgan fingerprint density at radius 3 is 2.71 bits per heavy atom. The summed E-state index contributed by atoms with van der Waals surface area (Å²) in [7, 11) is 0. The van der Waals surface area contributed by atoms with Crippen LogP contribution in [0.4, 0.5) is 0 Å². The molecule has 1 aromatic heterocycles. The predicted octanol–water partition coefficient (Wildman–Crippen LogP) is 1.09. The number of nitrogens with one attached hydrogen (secondary N) is 1. The van der Waals surface area contributed by atoms with Gasteiger partial charge in [0.2, 0.25) is 5.91 Å². The van der Waals surface area contributed by atoms with Crippen molar-refractivity contribution in [1.82, 2.24) is 10.3 Å². The van der Waals surface area contributed by atoms with Gasteiger partial charge in [-0.2, -0.15) is 0 Å². The fourth-order valence-corrected chi connectivity index (χ4v) is 1.47. The van der Waals surface area contributed by atoms with Crippen LogP contribution in [0.3, 0.4) is 0 Å². The number of pyridine rings is 1. The van der Waals surface area contributed by atoms with Crippen LogP contribution in [-0.4, -0.2) is 23.3 Å². The van der Waals surface area contributed by atoms with Crippen LogP contribution in [0.15, 0.2) is 22.9 Å². The average molecular weight is 300 g/mol. The highest BCUT2D eigenvalue weighted by molar-refractivity contribution is 9.10. The van der Waals surface area contributed by atoms with Crippen molar-refractivity contribution in [3.63, 3.8) is 0 Å². The molecule has 1 aromatic rings. The van der Waals surface area contributed by atoms with Crippen molar-refractivity contribution >= 4 is 27.7 Å². The van der Waals surface area contributed by atoms with Crippen molar-refractivity contribution in [2.75, 3.05) is 6.54 Å². The first kappa shape index (κ1) is 13.6. The maximum absolute atomic E-state index is 11.8. The van der Waals surface area contributed by atoms with Crippen molar-refractivity contribution < 1.29 is 9.59 Å². The maximum atomic E-state index is 11.8. The van der Waals surface area contributed by atoms with Crippen molar-refractivity contribution in [2.45, 2.75) is 13.8 Å². The van der Waals surface area contributed by atoms with Gasteiger partial charge in [0, 0.05) is 12.7 Å². The normalized spacial score (nSPS) is 11.0. The Morgan fingerprint density at radius 1 is 1.53 bits per heavy atom. The molecule has 0 aliphatic carbocycles. The van der Waals surface area contributed by atoms with E-state index in [4.69, 9.17) is 5.73 Å². The lowest BCUT2D eigenvalue weighted by Crippen LogP contribution is -2.42. The van der Waals surface area contributed by atoms with Crippen LogP contribution in [0.25, 0.3) is 0 Å². The predicted molar refractivity (Wildman–Crippen MR) is 67.2 cm³/mol. The molecule has 2 amide bonds. The number of hydrogen-bond donors (Lipinski definition) is 2. The van der Waals surface area contributed by atoms with Gasteiger partial charge in [-0.1, -0.05) is 0 Å². The maximum Gasteiger partial charge on any atom is 0.254 e. The molecule has 0 unspecified atom stereocenters. The topological polar surface area (TPSA) is 85.1 Å². The van der Waals surface area contributed by atoms with E-state index in [1.807, 2.05) is 0 Å². The second-order valence-corrected chi connectivity index (χ2v) is 5.02. The standard InChI is InChI=1S/C11H14BrN3O2/c1-11(2,10(13)17)6-15-9(16)7-4-3-5-14-8(7)12/h3-5H,6H2,1-2H3,(H2,13,17)(H,15,16). The van der Waals surface area contributed by atoms with E-state index in [9.17, 15) is 9.59 Å². The van der Waals surface area contributed by atoms with E-state index in [1.54, 1.807) is 32.2 Å². The number of hydrogen-bond acceptors (Lipinski definition) is 3. The zero-order valence-electron chi connectivity index (χ0n) is 9.66. The summed E-state index contributed by atoms with van der Waals surface area (Å²) in [5.74, 6) is -0.748. The molecule has 0 fully saturated rings. The van der Waals surface area contributed by atoms with E-state index in [0.29, 0.717) is 10.2 Å². The van der Waals surface area contributed by atoms with Gasteiger partial charge in [-0.25, -0.2) is 4.98 Å². The van der Waals surface area contributed by atoms with E-state index >= 15 is 0 Å². The SMILES string of the molecule is CC(C)(CNC(=O)c1cccnc1Br)C(N)=O. The van der Waals surface area contributed by atoms with Crippen molar-refractivity contribution in [3.05, 3.63) is 28.5 Å². The summed E-state index contributed by atoms with van der Waals surface area (Å²) in [5.41, 5.74) is 4.86. The Balaban J connectivity index is 2.69. The van der Waals surface area contributed by atoms with Gasteiger partial charge in [0.05, 0.1) is 11.0 Å². The molecule has 1 heterocycles. The molecule has 0 spiro atoms. The number of rotatable bonds is 4. The van der Waals surface area contributed by atoms with Crippen LogP contribution in [0.5, 0.6) is 0 Å². The zero-order chi connectivity index (χ0) is 13.1. The number of primary amides is 1. The lowest BCUT2D eigenvalue weighted by Gasteiger charge is -2.20. The number of halogens is 1. The quantitative estimate of drug-likeness (QED) is 0.816. The van der Waals surface area contributed by atoms with E-state index in [0.717, 1.165) is 0 Å². The highest BCUT2D eigenvalue weighted by atomic mass is 79.9. The zero-order valence-corrected chi connectivity index (χ0v) is 11.2. The monoisotopic (exact) mass is 299 g/mol. The molecule has 5 nitrogen and oxygen atoms in total. The number of nitrogens with two attached hydrogens (primary N) is 1. The second-order valence-electron chi connectivity index (χ2n) is 4.27. The summed E-state index contributed by atoms with van der Waals surface area (Å²) < 4.78 is 0.467. The highest BCUT2D eigenvalue weighted by Gasteiger charge is 2.25. The first-order valence-electron chi connectivity index (χ1n) is 5.03. The van der Waals surface area contributed by atoms with Crippen molar-refractivity contribution in [3.8, 4) is 0 Å². The Hall–Kier alpha value is -1.43. The van der Waals surface area contributed by atoms with E-state index < -0.39 is 11.3 Å². The Kier molecular flexibility index (Phi) is 4.22. The number of carbonyl (C=O) groups excluding carboxylic acids is 2. The minimum atomic E-state index is -0.773. The van der Waals surface area contributed by atoms with Gasteiger partial charge < -0.3 is 11.1 Å². The molecule has 0 aliphatic rings. The van der Waals surface area contributed by atoms with Crippen LogP contribution >= 0.6 is 15.9 Å². The Morgan fingerprint density at radius 2 is 2.18 bits per heavy atom. The third kappa shape index (κ3) is 3.52. The van der Waals surface area contributed by atoms with Crippen molar-refractivity contribution in [2.24, 2.45) is 11.1 Å². The molecule has 0 radical (unpaired) electrons. The van der Waals surface area contributed by atoms with Gasteiger partial charge in [0.1, 0.15) is 4.60 Å². The first-order valence-corrected chi connectivity index (χ1v) is 5.82. The molecule has 0 saturated heterocycles. The molecule has 92 valence electrons. The molecule has 6 heteroatoms. The average Bonchev–Trinajstić information content (AvgIpc) is 2.26. The lowest BCUT2D eigenvalue weighted by molar-refractivity contribution is -0.125. The number of nitrogens with zero attached hydrogens (tertiary/aromatic N) is 1. The van der Waals surface area contributed by atoms with Gasteiger partial charge >= 0.3 is 0 Å². The largest absolute Gasteiger partial charge is 0.369 e. The molecule has 0 saturated carbocycles. The smallest absolute Gasteiger partial charge is 0.254 e. The lowest BCUT2D eigenvalue weighted by atomic mass is 9.93. The summed E-state index contributed by atoms with van der Waals surface area (Å²) in [5, 5.41) is 2.65. The Labute approximate surface area is 108 Å². The summed E-state index contributed by atoms with van der Waals surface area (Å²) in [6.45, 7) is 3.53. The first-order chi connectivity index (χ1) is 7.84. The molecule has 3 N–H and O–H groups in total. The van der Waals surface area contributed by atoms with Gasteiger partial charge in [-0.15, -0.1) is 0 Å². The van der Waals surface area contributed by atoms with Crippen LogP contribution in [-0.2, 0) is 4.79 Å². The third-order valence-electron chi connectivity index (χ3n) is 2.36. The van der Waals surface area contributed by atoms with Crippen LogP contribution in [0.1, 0.15) is 24.2 Å².